The van der Waals surface area contributed by atoms with E-state index in [1.54, 1.807) is 0 Å². The first kappa shape index (κ1) is 11.0. The molecule has 3 rings (SSSR count). The van der Waals surface area contributed by atoms with Gasteiger partial charge in [-0.3, -0.25) is 4.79 Å². The first-order valence-corrected chi connectivity index (χ1v) is 6.15. The van der Waals surface area contributed by atoms with E-state index in [0.717, 1.165) is 6.42 Å². The number of amides is 1. The number of rotatable bonds is 3. The lowest BCUT2D eigenvalue weighted by molar-refractivity contribution is -0.119. The molecule has 1 fully saturated rings. The van der Waals surface area contributed by atoms with E-state index in [1.165, 1.54) is 11.1 Å². The van der Waals surface area contributed by atoms with Gasteiger partial charge in [0.1, 0.15) is 0 Å². The minimum absolute atomic E-state index is 0.0812. The van der Waals surface area contributed by atoms with Crippen molar-refractivity contribution < 1.29 is 4.79 Å². The average Bonchev–Trinajstić information content (AvgIpc) is 3.18. The maximum atomic E-state index is 11.5. The fourth-order valence-electron chi connectivity index (χ4n) is 2.88. The van der Waals surface area contributed by atoms with Crippen molar-refractivity contribution in [3.8, 4) is 0 Å². The third-order valence-corrected chi connectivity index (χ3v) is 3.88. The monoisotopic (exact) mass is 237 g/mol. The van der Waals surface area contributed by atoms with Gasteiger partial charge < -0.3 is 5.73 Å². The maximum absolute atomic E-state index is 11.5. The first-order chi connectivity index (χ1) is 8.75. The quantitative estimate of drug-likeness (QED) is 0.875. The van der Waals surface area contributed by atoms with Crippen molar-refractivity contribution in [1.29, 1.82) is 0 Å². The number of hydrogen-bond donors (Lipinski definition) is 1. The molecular formula is C16H15NO. The van der Waals surface area contributed by atoms with Crippen LogP contribution >= 0.6 is 0 Å². The second kappa shape index (κ2) is 3.98. The van der Waals surface area contributed by atoms with Crippen molar-refractivity contribution in [2.75, 3.05) is 0 Å². The van der Waals surface area contributed by atoms with E-state index in [2.05, 4.69) is 24.3 Å². The summed E-state index contributed by atoms with van der Waals surface area (Å²) >= 11 is 0. The summed E-state index contributed by atoms with van der Waals surface area (Å²) in [5.74, 6) is -0.287. The second-order valence-corrected chi connectivity index (χ2v) is 4.86. The lowest BCUT2D eigenvalue weighted by Crippen LogP contribution is -2.22. The Morgan fingerprint density at radius 2 is 1.39 bits per heavy atom. The molecule has 0 saturated heterocycles. The zero-order valence-corrected chi connectivity index (χ0v) is 10.0. The van der Waals surface area contributed by atoms with Crippen molar-refractivity contribution >= 4 is 5.91 Å². The lowest BCUT2D eigenvalue weighted by atomic mass is 9.85. The van der Waals surface area contributed by atoms with Crippen LogP contribution in [0.3, 0.4) is 0 Å². The number of carbonyl (C=O) groups is 1. The van der Waals surface area contributed by atoms with Crippen LogP contribution in [0.15, 0.2) is 60.7 Å². The van der Waals surface area contributed by atoms with Gasteiger partial charge in [0.25, 0.3) is 0 Å². The van der Waals surface area contributed by atoms with E-state index < -0.39 is 0 Å². The summed E-state index contributed by atoms with van der Waals surface area (Å²) in [6.07, 6.45) is 0.816. The molecule has 90 valence electrons. The molecule has 0 heterocycles. The van der Waals surface area contributed by atoms with Gasteiger partial charge in [-0.05, 0) is 17.5 Å². The number of primary amides is 1. The summed E-state index contributed by atoms with van der Waals surface area (Å²) in [7, 11) is 0. The van der Waals surface area contributed by atoms with Crippen LogP contribution in [0.25, 0.3) is 0 Å². The highest BCUT2D eigenvalue weighted by molar-refractivity contribution is 5.84. The van der Waals surface area contributed by atoms with Gasteiger partial charge >= 0.3 is 0 Å². The number of carbonyl (C=O) groups excluding carboxylic acids is 1. The molecule has 1 saturated carbocycles. The zero-order valence-electron chi connectivity index (χ0n) is 10.0. The van der Waals surface area contributed by atoms with Gasteiger partial charge in [0.15, 0.2) is 0 Å². The molecule has 0 aromatic heterocycles. The van der Waals surface area contributed by atoms with E-state index in [9.17, 15) is 4.79 Å². The van der Waals surface area contributed by atoms with Crippen LogP contribution in [0, 0.1) is 5.92 Å². The van der Waals surface area contributed by atoms with Gasteiger partial charge in [-0.15, -0.1) is 0 Å². The van der Waals surface area contributed by atoms with E-state index in [4.69, 9.17) is 5.73 Å². The van der Waals surface area contributed by atoms with Crippen molar-refractivity contribution in [2.24, 2.45) is 11.7 Å². The van der Waals surface area contributed by atoms with Crippen LogP contribution in [0.4, 0.5) is 0 Å². The zero-order chi connectivity index (χ0) is 12.6. The molecule has 0 spiro atoms. The Labute approximate surface area is 106 Å². The van der Waals surface area contributed by atoms with Gasteiger partial charge in [0.2, 0.25) is 5.91 Å². The molecule has 2 aromatic carbocycles. The van der Waals surface area contributed by atoms with E-state index in [1.807, 2.05) is 36.4 Å². The van der Waals surface area contributed by atoms with E-state index in [0.29, 0.717) is 0 Å². The number of benzene rings is 2. The normalized spacial score (nSPS) is 20.3. The van der Waals surface area contributed by atoms with Crippen molar-refractivity contribution in [2.45, 2.75) is 11.8 Å². The number of nitrogens with two attached hydrogens (primary N) is 1. The van der Waals surface area contributed by atoms with Crippen molar-refractivity contribution in [3.05, 3.63) is 71.8 Å². The van der Waals surface area contributed by atoms with E-state index >= 15 is 0 Å². The predicted octanol–water partition coefficient (Wildman–Crippen LogP) is 2.48. The Bertz CT molecular complexity index is 523. The average molecular weight is 237 g/mol. The first-order valence-electron chi connectivity index (χ1n) is 6.15. The fourth-order valence-corrected chi connectivity index (χ4v) is 2.88. The summed E-state index contributed by atoms with van der Waals surface area (Å²) in [4.78, 5) is 11.5. The molecule has 1 aliphatic rings. The molecule has 0 radical (unpaired) electrons. The summed E-state index contributed by atoms with van der Waals surface area (Å²) in [5, 5.41) is 0. The summed E-state index contributed by atoms with van der Waals surface area (Å²) in [5.41, 5.74) is 7.67. The third-order valence-electron chi connectivity index (χ3n) is 3.88. The Morgan fingerprint density at radius 3 is 1.72 bits per heavy atom. The van der Waals surface area contributed by atoms with Crippen LogP contribution in [0.2, 0.25) is 0 Å². The molecule has 0 bridgehead atoms. The Balaban J connectivity index is 2.11. The molecular weight excluding hydrogens is 222 g/mol. The van der Waals surface area contributed by atoms with Crippen LogP contribution in [-0.2, 0) is 10.2 Å². The molecule has 0 aliphatic heterocycles. The maximum Gasteiger partial charge on any atom is 0.221 e. The standard InChI is InChI=1S/C16H15NO/c17-15(18)14-11-16(14,12-7-3-1-4-8-12)13-9-5-2-6-10-13/h1-10,14H,11H2,(H2,17,18). The van der Waals surface area contributed by atoms with Crippen LogP contribution in [0.5, 0.6) is 0 Å². The fraction of sp³-hybridized carbons (Fsp3) is 0.188. The highest BCUT2D eigenvalue weighted by Crippen LogP contribution is 2.58. The van der Waals surface area contributed by atoms with Gasteiger partial charge in [-0.1, -0.05) is 60.7 Å². The van der Waals surface area contributed by atoms with Crippen molar-refractivity contribution in [1.82, 2.24) is 0 Å². The Hall–Kier alpha value is -2.09. The van der Waals surface area contributed by atoms with Gasteiger partial charge in [-0.2, -0.15) is 0 Å². The molecule has 2 aromatic rings. The molecule has 1 atom stereocenters. The number of hydrogen-bond acceptors (Lipinski definition) is 1. The minimum atomic E-state index is -0.206. The molecule has 1 aliphatic carbocycles. The molecule has 18 heavy (non-hydrogen) atoms. The minimum Gasteiger partial charge on any atom is -0.369 e. The highest BCUT2D eigenvalue weighted by Gasteiger charge is 2.59. The summed E-state index contributed by atoms with van der Waals surface area (Å²) in [6, 6.07) is 20.3. The SMILES string of the molecule is NC(=O)C1CC1(c1ccccc1)c1ccccc1. The summed E-state index contributed by atoms with van der Waals surface area (Å²) < 4.78 is 0. The smallest absolute Gasteiger partial charge is 0.221 e. The van der Waals surface area contributed by atoms with Crippen molar-refractivity contribution in [3.63, 3.8) is 0 Å². The molecule has 2 nitrogen and oxygen atoms in total. The largest absolute Gasteiger partial charge is 0.369 e. The lowest BCUT2D eigenvalue weighted by Gasteiger charge is -2.18. The molecule has 1 amide bonds. The van der Waals surface area contributed by atoms with Gasteiger partial charge in [-0.25, -0.2) is 0 Å². The molecule has 2 heteroatoms. The second-order valence-electron chi connectivity index (χ2n) is 4.86. The van der Waals surface area contributed by atoms with Gasteiger partial charge in [0.05, 0.1) is 5.92 Å². The Morgan fingerprint density at radius 1 is 0.944 bits per heavy atom. The van der Waals surface area contributed by atoms with Crippen LogP contribution in [-0.4, -0.2) is 5.91 Å². The van der Waals surface area contributed by atoms with Crippen LogP contribution < -0.4 is 5.73 Å². The Kier molecular flexibility index (Phi) is 2.44. The van der Waals surface area contributed by atoms with E-state index in [-0.39, 0.29) is 17.2 Å². The highest BCUT2D eigenvalue weighted by atomic mass is 16.1. The third kappa shape index (κ3) is 1.53. The predicted molar refractivity (Wildman–Crippen MR) is 71.0 cm³/mol. The van der Waals surface area contributed by atoms with Gasteiger partial charge in [0, 0.05) is 5.41 Å². The molecule has 2 N–H and O–H groups in total. The molecule has 1 unspecified atom stereocenters. The topological polar surface area (TPSA) is 43.1 Å². The summed E-state index contributed by atoms with van der Waals surface area (Å²) in [6.45, 7) is 0. The van der Waals surface area contributed by atoms with Crippen LogP contribution in [0.1, 0.15) is 17.5 Å².